The third kappa shape index (κ3) is 3.37. The van der Waals surface area contributed by atoms with Gasteiger partial charge in [0.15, 0.2) is 11.5 Å². The zero-order valence-electron chi connectivity index (χ0n) is 28.0. The monoisotopic (exact) mass is 641 g/mol. The molecular weight excluding hydrogens is 618 g/mol. The van der Waals surface area contributed by atoms with Crippen molar-refractivity contribution >= 4 is 87.9 Å². The fourth-order valence-electron chi connectivity index (χ4n) is 5.04. The van der Waals surface area contributed by atoms with Gasteiger partial charge in [-0.25, -0.2) is 9.97 Å². The first-order valence-electron chi connectivity index (χ1n) is 16.0. The number of hydrogen-bond donors (Lipinski definition) is 0. The van der Waals surface area contributed by atoms with Crippen LogP contribution in [0.3, 0.4) is 0 Å². The van der Waals surface area contributed by atoms with Crippen LogP contribution in [0.4, 0.5) is 17.1 Å². The first-order chi connectivity index (χ1) is 23.0. The predicted molar refractivity (Wildman–Crippen MR) is 170 cm³/mol. The molecule has 2 aliphatic rings. The minimum absolute atomic E-state index is 0.108. The number of fused-ring (bicyclic) bond motifs is 6. The molecule has 0 amide bonds. The minimum Gasteiger partial charge on any atom is -0.452 e. The molecule has 0 unspecified atom stereocenters. The van der Waals surface area contributed by atoms with Crippen molar-refractivity contribution in [1.29, 1.82) is 0 Å². The quantitative estimate of drug-likeness (QED) is 0.188. The molecule has 0 fully saturated rings. The van der Waals surface area contributed by atoms with Crippen molar-refractivity contribution in [2.75, 3.05) is 4.90 Å². The van der Waals surface area contributed by atoms with Crippen LogP contribution in [-0.2, 0) is 0 Å². The van der Waals surface area contributed by atoms with Crippen LogP contribution in [0.2, 0.25) is 0 Å². The Morgan fingerprint density at radius 2 is 1.43 bits per heavy atom. The smallest absolute Gasteiger partial charge is 0.161 e. The molecule has 0 radical (unpaired) electrons. The molecule has 0 atom stereocenters. The summed E-state index contributed by atoms with van der Waals surface area (Å²) in [5.74, 6) is 1.13. The number of hydrogen-bond acceptors (Lipinski definition) is 7. The largest absolute Gasteiger partial charge is 0.452 e. The third-order valence-corrected chi connectivity index (χ3v) is 10.3. The van der Waals surface area contributed by atoms with Crippen molar-refractivity contribution in [3.8, 4) is 32.6 Å². The number of nitrogens with zero attached hydrogens (tertiary/aromatic N) is 3. The van der Waals surface area contributed by atoms with Crippen molar-refractivity contribution in [3.63, 3.8) is 0 Å². The van der Waals surface area contributed by atoms with E-state index in [1.54, 1.807) is 11.8 Å². The van der Waals surface area contributed by atoms with Gasteiger partial charge in [-0.2, -0.15) is 0 Å². The van der Waals surface area contributed by atoms with Gasteiger partial charge in [-0.05, 0) is 54.5 Å². The van der Waals surface area contributed by atoms with Gasteiger partial charge >= 0.3 is 0 Å². The van der Waals surface area contributed by atoms with Crippen LogP contribution in [-0.4, -0.2) is 9.97 Å². The first kappa shape index (κ1) is 16.5. The van der Waals surface area contributed by atoms with Crippen molar-refractivity contribution < 1.29 is 15.7 Å². The van der Waals surface area contributed by atoms with Gasteiger partial charge in [0.2, 0.25) is 0 Å². The fourth-order valence-corrected chi connectivity index (χ4v) is 8.72. The van der Waals surface area contributed by atoms with Crippen LogP contribution in [0.25, 0.3) is 41.6 Å². The van der Waals surface area contributed by atoms with Gasteiger partial charge in [0, 0.05) is 19.8 Å². The molecule has 5 aromatic carbocycles. The lowest BCUT2D eigenvalue weighted by molar-refractivity contribution is 0.476. The maximum atomic E-state index is 8.46. The van der Waals surface area contributed by atoms with E-state index in [1.165, 1.54) is 22.7 Å². The number of benzene rings is 5. The van der Waals surface area contributed by atoms with E-state index in [0.717, 1.165) is 36.9 Å². The second-order valence-electron chi connectivity index (χ2n) is 8.99. The topological polar surface area (TPSA) is 38.2 Å². The highest BCUT2D eigenvalue weighted by Gasteiger charge is 2.36. The normalized spacial score (nSPS) is 16.0. The summed E-state index contributed by atoms with van der Waals surface area (Å²) in [4.78, 5) is 13.4. The van der Waals surface area contributed by atoms with Crippen molar-refractivity contribution in [2.45, 2.75) is 9.79 Å². The van der Waals surface area contributed by atoms with E-state index in [-0.39, 0.29) is 59.4 Å². The van der Waals surface area contributed by atoms with E-state index in [0.29, 0.717) is 36.5 Å². The maximum Gasteiger partial charge on any atom is 0.161 e. The van der Waals surface area contributed by atoms with Gasteiger partial charge in [-0.15, -0.1) is 22.7 Å². The average Bonchev–Trinajstić information content (AvgIpc) is 3.73. The summed E-state index contributed by atoms with van der Waals surface area (Å²) in [7, 11) is 0. The van der Waals surface area contributed by atoms with Crippen molar-refractivity contribution in [3.05, 3.63) is 101 Å². The Bertz CT molecular complexity index is 2350. The predicted octanol–water partition coefficient (Wildman–Crippen LogP) is 11.0. The van der Waals surface area contributed by atoms with Gasteiger partial charge < -0.3 is 9.64 Å². The van der Waals surface area contributed by atoms with Crippen LogP contribution in [0, 0.1) is 0 Å². The summed E-state index contributed by atoms with van der Waals surface area (Å²) in [5.41, 5.74) is 4.34. The van der Waals surface area contributed by atoms with Crippen LogP contribution in [0.15, 0.2) is 111 Å². The summed E-state index contributed by atoms with van der Waals surface area (Å²) in [6.45, 7) is 0. The first-order valence-corrected chi connectivity index (χ1v) is 15.3. The Kier molecular flexibility index (Phi) is 3.58. The highest BCUT2D eigenvalue weighted by atomic mass is 79.9. The SMILES string of the molecule is [2H]c1c([2H])c([2H])c2sc(-c3cccc4c3Oc3cc(Br)cc5c3N4c3cccc(-c4nc6c([2H])c([2H])c([2H])c([2H])c6s4)c3S5)nc2c1[2H]. The molecule has 0 saturated carbocycles. The van der Waals surface area contributed by atoms with E-state index in [9.17, 15) is 0 Å². The van der Waals surface area contributed by atoms with Crippen LogP contribution in [0.5, 0.6) is 11.5 Å². The van der Waals surface area contributed by atoms with Crippen LogP contribution in [0.1, 0.15) is 11.0 Å². The van der Waals surface area contributed by atoms with Gasteiger partial charge in [-0.1, -0.05) is 70.1 Å². The lowest BCUT2D eigenvalue weighted by Gasteiger charge is -2.39. The number of para-hydroxylation sites is 3. The molecule has 2 aromatic heterocycles. The standard InChI is InChI=1S/C32H16BrN3OS3/c33-17-15-24-28-27(16-17)38-30-19(32-35-21-10-2-4-14-26(21)40-32)8-6-12-23(30)36(28)22-11-5-7-18(29(22)37-24)31-34-20-9-1-3-13-25(20)39-31/h1-16H/i1D,2D,3D,4D,9D,10D,13D,14D. The van der Waals surface area contributed by atoms with Gasteiger partial charge in [0.25, 0.3) is 0 Å². The fraction of sp³-hybridized carbons (Fsp3) is 0. The molecule has 40 heavy (non-hydrogen) atoms. The van der Waals surface area contributed by atoms with Gasteiger partial charge in [0.05, 0.1) is 48.3 Å². The molecule has 0 spiro atoms. The molecule has 2 aliphatic heterocycles. The molecule has 4 nitrogen and oxygen atoms in total. The second kappa shape index (κ2) is 8.65. The zero-order valence-corrected chi connectivity index (χ0v) is 24.0. The van der Waals surface area contributed by atoms with E-state index < -0.39 is 0 Å². The highest BCUT2D eigenvalue weighted by molar-refractivity contribution is 9.10. The van der Waals surface area contributed by atoms with Crippen LogP contribution >= 0.6 is 50.4 Å². The maximum absolute atomic E-state index is 8.46. The average molecular weight is 643 g/mol. The lowest BCUT2D eigenvalue weighted by Crippen LogP contribution is -2.20. The molecule has 0 N–H and O–H groups in total. The molecule has 4 heterocycles. The molecule has 190 valence electrons. The minimum atomic E-state index is -0.327. The molecule has 8 heteroatoms. The van der Waals surface area contributed by atoms with Crippen LogP contribution < -0.4 is 9.64 Å². The highest BCUT2D eigenvalue weighted by Crippen LogP contribution is 2.63. The summed E-state index contributed by atoms with van der Waals surface area (Å²) < 4.78 is 74.5. The Morgan fingerprint density at radius 1 is 0.775 bits per heavy atom. The van der Waals surface area contributed by atoms with E-state index in [2.05, 4.69) is 25.8 Å². The van der Waals surface area contributed by atoms with E-state index in [1.807, 2.05) is 48.5 Å². The Labute approximate surface area is 261 Å². The Morgan fingerprint density at radius 3 is 2.17 bits per heavy atom. The number of halogens is 1. The third-order valence-electron chi connectivity index (χ3n) is 6.68. The number of ether oxygens (including phenoxy) is 1. The number of rotatable bonds is 2. The molecule has 0 aliphatic carbocycles. The second-order valence-corrected chi connectivity index (χ2v) is 13.0. The summed E-state index contributed by atoms with van der Waals surface area (Å²) in [5, 5.41) is 1.08. The Balaban J connectivity index is 1.27. The Hall–Kier alpha value is -3.69. The molecule has 0 saturated heterocycles. The number of thiazole rings is 2. The molecule has 9 rings (SSSR count). The molecule has 0 bridgehead atoms. The van der Waals surface area contributed by atoms with Gasteiger partial charge in [0.1, 0.15) is 15.7 Å². The molecule has 7 aromatic rings. The van der Waals surface area contributed by atoms with Crippen molar-refractivity contribution in [2.24, 2.45) is 0 Å². The van der Waals surface area contributed by atoms with E-state index in [4.69, 9.17) is 20.7 Å². The summed E-state index contributed by atoms with van der Waals surface area (Å²) >= 11 is 7.63. The van der Waals surface area contributed by atoms with Crippen molar-refractivity contribution in [1.82, 2.24) is 9.97 Å². The molecular formula is C32H16BrN3OS3. The summed E-state index contributed by atoms with van der Waals surface area (Å²) in [6.07, 6.45) is 0. The number of aromatic nitrogens is 2. The lowest BCUT2D eigenvalue weighted by atomic mass is 10.1. The number of anilines is 3. The van der Waals surface area contributed by atoms with E-state index >= 15 is 0 Å². The zero-order chi connectivity index (χ0) is 33.3. The summed E-state index contributed by atoms with van der Waals surface area (Å²) in [6, 6.07) is 13.7. The van der Waals surface area contributed by atoms with Gasteiger partial charge in [-0.3, -0.25) is 0 Å².